The van der Waals surface area contributed by atoms with Crippen molar-refractivity contribution < 1.29 is 18.3 Å². The van der Waals surface area contributed by atoms with E-state index in [1.165, 1.54) is 17.6 Å². The Morgan fingerprint density at radius 1 is 1.45 bits per heavy atom. The molecule has 2 rings (SSSR count). The van der Waals surface area contributed by atoms with Gasteiger partial charge in [-0.1, -0.05) is 11.6 Å². The van der Waals surface area contributed by atoms with Crippen molar-refractivity contribution in [2.45, 2.75) is 11.8 Å². The van der Waals surface area contributed by atoms with Gasteiger partial charge >= 0.3 is 5.97 Å². The molecule has 0 aliphatic carbocycles. The van der Waals surface area contributed by atoms with Gasteiger partial charge in [-0.15, -0.1) is 11.3 Å². The summed E-state index contributed by atoms with van der Waals surface area (Å²) in [6.45, 7) is 1.69. The topological polar surface area (TPSA) is 96.4 Å². The fourth-order valence-corrected chi connectivity index (χ4v) is 3.65. The summed E-state index contributed by atoms with van der Waals surface area (Å²) in [5.41, 5.74) is 0.887. The number of aromatic carboxylic acids is 1. The van der Waals surface area contributed by atoms with Crippen LogP contribution in [0.3, 0.4) is 0 Å². The Balaban J connectivity index is 2.30. The third-order valence-electron chi connectivity index (χ3n) is 2.36. The number of anilines is 1. The van der Waals surface area contributed by atoms with E-state index < -0.39 is 16.0 Å². The van der Waals surface area contributed by atoms with Crippen molar-refractivity contribution in [3.63, 3.8) is 0 Å². The smallest absolute Gasteiger partial charge is 0.345 e. The lowest BCUT2D eigenvalue weighted by molar-refractivity contribution is 0.0702. The number of hydrogen-bond donors (Lipinski definition) is 2. The van der Waals surface area contributed by atoms with E-state index in [2.05, 4.69) is 9.71 Å². The summed E-state index contributed by atoms with van der Waals surface area (Å²) < 4.78 is 26.5. The summed E-state index contributed by atoms with van der Waals surface area (Å²) in [7, 11) is -3.84. The maximum Gasteiger partial charge on any atom is 0.345 e. The molecule has 0 spiro atoms. The zero-order valence-corrected chi connectivity index (χ0v) is 12.5. The Bertz CT molecular complexity index is 770. The molecule has 0 saturated heterocycles. The molecule has 0 atom stereocenters. The van der Waals surface area contributed by atoms with Gasteiger partial charge in [0.1, 0.15) is 10.0 Å². The number of aromatic nitrogens is 1. The maximum absolute atomic E-state index is 12.1. The van der Waals surface area contributed by atoms with Gasteiger partial charge in [0.25, 0.3) is 10.0 Å². The molecule has 2 heterocycles. The number of carbonyl (C=O) groups is 1. The van der Waals surface area contributed by atoms with E-state index in [0.29, 0.717) is 5.56 Å². The number of rotatable bonds is 4. The van der Waals surface area contributed by atoms with Crippen molar-refractivity contribution in [1.29, 1.82) is 0 Å². The van der Waals surface area contributed by atoms with E-state index >= 15 is 0 Å². The van der Waals surface area contributed by atoms with Gasteiger partial charge < -0.3 is 5.11 Å². The highest BCUT2D eigenvalue weighted by Gasteiger charge is 2.19. The monoisotopic (exact) mass is 332 g/mol. The van der Waals surface area contributed by atoms with Gasteiger partial charge in [0.05, 0.1) is 16.8 Å². The minimum atomic E-state index is -3.84. The van der Waals surface area contributed by atoms with Crippen LogP contribution in [0.2, 0.25) is 5.15 Å². The maximum atomic E-state index is 12.1. The number of carboxylic acids is 1. The van der Waals surface area contributed by atoms with Gasteiger partial charge in [-0.3, -0.25) is 4.72 Å². The molecule has 2 aromatic heterocycles. The number of aryl methyl sites for hydroxylation is 1. The van der Waals surface area contributed by atoms with Gasteiger partial charge in [0, 0.05) is 5.38 Å². The summed E-state index contributed by atoms with van der Waals surface area (Å²) in [5, 5.41) is 10.3. The second-order valence-electron chi connectivity index (χ2n) is 3.89. The first-order chi connectivity index (χ1) is 9.29. The molecule has 0 saturated carbocycles. The normalized spacial score (nSPS) is 11.3. The Morgan fingerprint density at radius 3 is 2.70 bits per heavy atom. The van der Waals surface area contributed by atoms with Crippen LogP contribution in [-0.2, 0) is 10.0 Å². The molecule has 0 unspecified atom stereocenters. The molecule has 2 N–H and O–H groups in total. The number of nitrogens with one attached hydrogen (secondary N) is 1. The minimum absolute atomic E-state index is 0.0456. The van der Waals surface area contributed by atoms with Crippen LogP contribution in [0.1, 0.15) is 15.2 Å². The zero-order chi connectivity index (χ0) is 14.9. The lowest BCUT2D eigenvalue weighted by Gasteiger charge is -2.07. The summed E-state index contributed by atoms with van der Waals surface area (Å²) in [6, 6.07) is 2.64. The van der Waals surface area contributed by atoms with Crippen LogP contribution in [0.25, 0.3) is 0 Å². The number of pyridine rings is 1. The molecule has 9 heteroatoms. The SMILES string of the molecule is Cc1cc(NS(=O)(=O)c2csc(C(=O)O)c2)cnc1Cl. The Kier molecular flexibility index (Phi) is 3.98. The summed E-state index contributed by atoms with van der Waals surface area (Å²) in [5.74, 6) is -1.17. The fourth-order valence-electron chi connectivity index (χ4n) is 1.40. The van der Waals surface area contributed by atoms with E-state index in [0.717, 1.165) is 17.4 Å². The molecular formula is C11H9ClN2O4S2. The summed E-state index contributed by atoms with van der Waals surface area (Å²) >= 11 is 6.60. The van der Waals surface area contributed by atoms with Crippen molar-refractivity contribution in [1.82, 2.24) is 4.98 Å². The molecule has 0 amide bonds. The standard InChI is InChI=1S/C11H9ClN2O4S2/c1-6-2-7(4-13-10(6)12)14-20(17,18)8-3-9(11(15)16)19-5-8/h2-5,14H,1H3,(H,15,16). The summed E-state index contributed by atoms with van der Waals surface area (Å²) in [6.07, 6.45) is 1.29. The zero-order valence-electron chi connectivity index (χ0n) is 10.1. The number of halogens is 1. The van der Waals surface area contributed by atoms with E-state index in [1.807, 2.05) is 0 Å². The molecule has 6 nitrogen and oxygen atoms in total. The van der Waals surface area contributed by atoms with Crippen molar-refractivity contribution in [3.05, 3.63) is 39.3 Å². The Hall–Kier alpha value is -1.64. The fraction of sp³-hybridized carbons (Fsp3) is 0.0909. The molecular weight excluding hydrogens is 324 g/mol. The second-order valence-corrected chi connectivity index (χ2v) is 6.84. The van der Waals surface area contributed by atoms with Crippen LogP contribution < -0.4 is 4.72 Å². The molecule has 0 aromatic carbocycles. The van der Waals surface area contributed by atoms with Crippen LogP contribution in [0.15, 0.2) is 28.6 Å². The van der Waals surface area contributed by atoms with Gasteiger partial charge in [-0.25, -0.2) is 18.2 Å². The molecule has 106 valence electrons. The first-order valence-electron chi connectivity index (χ1n) is 5.26. The average molecular weight is 333 g/mol. The molecule has 0 bridgehead atoms. The van der Waals surface area contributed by atoms with E-state index in [1.54, 1.807) is 6.92 Å². The van der Waals surface area contributed by atoms with Gasteiger partial charge in [0.2, 0.25) is 0 Å². The average Bonchev–Trinajstić information content (AvgIpc) is 2.84. The van der Waals surface area contributed by atoms with Gasteiger partial charge in [-0.05, 0) is 24.6 Å². The third-order valence-corrected chi connectivity index (χ3v) is 5.19. The number of carboxylic acid groups (broad SMARTS) is 1. The highest BCUT2D eigenvalue weighted by atomic mass is 35.5. The van der Waals surface area contributed by atoms with Crippen molar-refractivity contribution >= 4 is 44.6 Å². The van der Waals surface area contributed by atoms with Crippen molar-refractivity contribution in [2.24, 2.45) is 0 Å². The molecule has 2 aromatic rings. The Labute approximate surface area is 124 Å². The lowest BCUT2D eigenvalue weighted by atomic mass is 10.3. The number of hydrogen-bond acceptors (Lipinski definition) is 5. The second kappa shape index (κ2) is 5.39. The van der Waals surface area contributed by atoms with E-state index in [9.17, 15) is 13.2 Å². The lowest BCUT2D eigenvalue weighted by Crippen LogP contribution is -2.12. The summed E-state index contributed by atoms with van der Waals surface area (Å²) in [4.78, 5) is 14.4. The largest absolute Gasteiger partial charge is 0.477 e. The molecule has 0 aliphatic rings. The number of nitrogens with zero attached hydrogens (tertiary/aromatic N) is 1. The van der Waals surface area contributed by atoms with Crippen LogP contribution in [0, 0.1) is 6.92 Å². The number of sulfonamides is 1. The quantitative estimate of drug-likeness (QED) is 0.839. The molecule has 20 heavy (non-hydrogen) atoms. The number of thiophene rings is 1. The van der Waals surface area contributed by atoms with Crippen LogP contribution in [-0.4, -0.2) is 24.5 Å². The van der Waals surface area contributed by atoms with Gasteiger partial charge in [0.15, 0.2) is 0 Å². The predicted octanol–water partition coefficient (Wildman–Crippen LogP) is 2.60. The van der Waals surface area contributed by atoms with Gasteiger partial charge in [-0.2, -0.15) is 0 Å². The van der Waals surface area contributed by atoms with Crippen LogP contribution in [0.5, 0.6) is 0 Å². The highest BCUT2D eigenvalue weighted by molar-refractivity contribution is 7.92. The van der Waals surface area contributed by atoms with E-state index in [-0.39, 0.29) is 20.6 Å². The Morgan fingerprint density at radius 2 is 2.15 bits per heavy atom. The highest BCUT2D eigenvalue weighted by Crippen LogP contribution is 2.23. The minimum Gasteiger partial charge on any atom is -0.477 e. The predicted molar refractivity (Wildman–Crippen MR) is 76.1 cm³/mol. The van der Waals surface area contributed by atoms with Crippen LogP contribution in [0.4, 0.5) is 5.69 Å². The molecule has 0 fully saturated rings. The molecule has 0 aliphatic heterocycles. The van der Waals surface area contributed by atoms with Crippen LogP contribution >= 0.6 is 22.9 Å². The third kappa shape index (κ3) is 3.09. The first kappa shape index (κ1) is 14.8. The first-order valence-corrected chi connectivity index (χ1v) is 8.00. The van der Waals surface area contributed by atoms with E-state index in [4.69, 9.17) is 16.7 Å². The van der Waals surface area contributed by atoms with Crippen molar-refractivity contribution in [3.8, 4) is 0 Å². The molecule has 0 radical (unpaired) electrons. The van der Waals surface area contributed by atoms with Crippen molar-refractivity contribution in [2.75, 3.05) is 4.72 Å².